The predicted octanol–water partition coefficient (Wildman–Crippen LogP) is 5.05. The van der Waals surface area contributed by atoms with E-state index in [2.05, 4.69) is 22.0 Å². The number of rotatable bonds is 10. The minimum atomic E-state index is -4.39. The number of sulfone groups is 1. The van der Waals surface area contributed by atoms with Gasteiger partial charge in [0.2, 0.25) is 0 Å². The van der Waals surface area contributed by atoms with Gasteiger partial charge in [-0.1, -0.05) is 31.2 Å². The van der Waals surface area contributed by atoms with Crippen molar-refractivity contribution in [1.82, 2.24) is 10.2 Å². The molecule has 0 saturated carbocycles. The number of anilines is 1. The molecule has 0 radical (unpaired) electrons. The molecule has 5 rings (SSSR count). The fourth-order valence-corrected chi connectivity index (χ4v) is 7.27. The first-order chi connectivity index (χ1) is 21.9. The Morgan fingerprint density at radius 3 is 2.20 bits per heavy atom. The summed E-state index contributed by atoms with van der Waals surface area (Å²) in [5.41, 5.74) is 2.07. The summed E-state index contributed by atoms with van der Waals surface area (Å²) in [7, 11) is -3.37. The van der Waals surface area contributed by atoms with Crippen LogP contribution in [0.25, 0.3) is 0 Å². The van der Waals surface area contributed by atoms with Gasteiger partial charge in [0.15, 0.2) is 9.84 Å². The van der Waals surface area contributed by atoms with Crippen LogP contribution < -0.4 is 10.2 Å². The average Bonchev–Trinajstić information content (AvgIpc) is 3.52. The number of carbonyl (C=O) groups excluding carboxylic acids is 1. The number of morpholine rings is 1. The summed E-state index contributed by atoms with van der Waals surface area (Å²) in [4.78, 5) is 18.0. The largest absolute Gasteiger partial charge is 0.416 e. The molecule has 12 heteroatoms. The second-order valence-electron chi connectivity index (χ2n) is 11.9. The second-order valence-corrected chi connectivity index (χ2v) is 14.2. The van der Waals surface area contributed by atoms with Crippen molar-refractivity contribution in [2.75, 3.05) is 50.1 Å². The van der Waals surface area contributed by atoms with Crippen LogP contribution in [-0.2, 0) is 20.8 Å². The molecule has 0 aliphatic carbocycles. The van der Waals surface area contributed by atoms with Crippen molar-refractivity contribution in [2.45, 2.75) is 55.4 Å². The molecule has 4 atom stereocenters. The number of halogens is 3. The molecule has 3 aromatic carbocycles. The highest BCUT2D eigenvalue weighted by Gasteiger charge is 2.39. The fourth-order valence-electron chi connectivity index (χ4n) is 6.39. The average molecular weight is 660 g/mol. The third-order valence-electron chi connectivity index (χ3n) is 9.20. The van der Waals surface area contributed by atoms with Crippen molar-refractivity contribution in [1.29, 1.82) is 0 Å². The Labute approximate surface area is 268 Å². The summed E-state index contributed by atoms with van der Waals surface area (Å²) in [5.74, 6) is -0.386. The number of hydrogen-bond acceptors (Lipinski definition) is 7. The molecule has 2 N–H and O–H groups in total. The highest BCUT2D eigenvalue weighted by Crippen LogP contribution is 2.39. The van der Waals surface area contributed by atoms with Crippen LogP contribution in [0.15, 0.2) is 77.7 Å². The summed E-state index contributed by atoms with van der Waals surface area (Å²) in [5, 5.41) is 12.8. The first-order valence-electron chi connectivity index (χ1n) is 15.5. The van der Waals surface area contributed by atoms with Crippen molar-refractivity contribution in [2.24, 2.45) is 0 Å². The van der Waals surface area contributed by atoms with Gasteiger partial charge in [0.25, 0.3) is 5.91 Å². The molecule has 0 spiro atoms. The maximum absolute atomic E-state index is 13.2. The van der Waals surface area contributed by atoms with Crippen molar-refractivity contribution < 1.29 is 36.2 Å². The van der Waals surface area contributed by atoms with Crippen molar-refractivity contribution >= 4 is 21.4 Å². The Morgan fingerprint density at radius 2 is 1.63 bits per heavy atom. The topological polar surface area (TPSA) is 99.2 Å². The van der Waals surface area contributed by atoms with Crippen LogP contribution in [0, 0.1) is 0 Å². The normalized spacial score (nSPS) is 20.8. The van der Waals surface area contributed by atoms with Gasteiger partial charge in [-0.25, -0.2) is 8.42 Å². The van der Waals surface area contributed by atoms with Crippen molar-refractivity contribution in [3.8, 4) is 0 Å². The molecular weight excluding hydrogens is 619 g/mol. The Balaban J connectivity index is 1.33. The van der Waals surface area contributed by atoms with Crippen molar-refractivity contribution in [3.63, 3.8) is 0 Å². The maximum atomic E-state index is 13.2. The van der Waals surface area contributed by atoms with E-state index in [4.69, 9.17) is 4.74 Å². The molecule has 2 unspecified atom stereocenters. The van der Waals surface area contributed by atoms with Gasteiger partial charge < -0.3 is 20.1 Å². The first-order valence-corrected chi connectivity index (χ1v) is 17.2. The molecule has 46 heavy (non-hydrogen) atoms. The number of carbonyl (C=O) groups is 1. The highest BCUT2D eigenvalue weighted by atomic mass is 32.2. The van der Waals surface area contributed by atoms with E-state index in [0.717, 1.165) is 42.9 Å². The molecule has 8 nitrogen and oxygen atoms in total. The zero-order chi connectivity index (χ0) is 33.1. The van der Waals surface area contributed by atoms with Crippen LogP contribution in [0.3, 0.4) is 0 Å². The van der Waals surface area contributed by atoms with Crippen LogP contribution in [0.5, 0.6) is 0 Å². The number of ether oxygens (including phenoxy) is 1. The van der Waals surface area contributed by atoms with E-state index < -0.39 is 33.5 Å². The molecule has 1 amide bonds. The number of alkyl halides is 3. The highest BCUT2D eigenvalue weighted by molar-refractivity contribution is 7.91. The standard InChI is InChI=1S/C34H40F3N3O5S/c1-3-46(43,44)30-14-8-25(9-15-30)31(22-41)38-33(42)26-6-12-29(13-7-26)40-21-27(24-4-10-28(11-5-24)34(35,36)37)20-32(40)23(2)39-16-18-45-19-17-39/h4-15,23,27,31-32,41H,3,16-22H2,1-2H3,(H,38,42)/t23?,27?,31-,32-/m0/s1. The van der Waals surface area contributed by atoms with Gasteiger partial charge in [0, 0.05) is 48.9 Å². The number of hydrogen-bond donors (Lipinski definition) is 2. The van der Waals surface area contributed by atoms with Crippen LogP contribution >= 0.6 is 0 Å². The van der Waals surface area contributed by atoms with E-state index in [1.807, 2.05) is 12.1 Å². The maximum Gasteiger partial charge on any atom is 0.416 e. The summed E-state index contributed by atoms with van der Waals surface area (Å²) in [6.45, 7) is 6.91. The summed E-state index contributed by atoms with van der Waals surface area (Å²) in [6, 6.07) is 18.3. The molecule has 3 aromatic rings. The number of amides is 1. The minimum Gasteiger partial charge on any atom is -0.394 e. The summed E-state index contributed by atoms with van der Waals surface area (Å²) in [6.07, 6.45) is -3.62. The van der Waals surface area contributed by atoms with Crippen LogP contribution in [0.4, 0.5) is 18.9 Å². The van der Waals surface area contributed by atoms with E-state index in [1.54, 1.807) is 43.3 Å². The molecule has 248 valence electrons. The molecule has 2 fully saturated rings. The minimum absolute atomic E-state index is 0.0253. The third kappa shape index (κ3) is 7.57. The third-order valence-corrected chi connectivity index (χ3v) is 11.0. The van der Waals surface area contributed by atoms with Crippen LogP contribution in [-0.4, -0.2) is 81.6 Å². The quantitative estimate of drug-likeness (QED) is 0.315. The molecule has 2 heterocycles. The lowest BCUT2D eigenvalue weighted by Gasteiger charge is -2.39. The van der Waals surface area contributed by atoms with Gasteiger partial charge in [-0.15, -0.1) is 0 Å². The van der Waals surface area contributed by atoms with Gasteiger partial charge in [-0.3, -0.25) is 9.69 Å². The van der Waals surface area contributed by atoms with Gasteiger partial charge in [0.1, 0.15) is 0 Å². The molecule has 2 aliphatic heterocycles. The lowest BCUT2D eigenvalue weighted by Crippen LogP contribution is -2.51. The Hall–Kier alpha value is -3.45. The fraction of sp³-hybridized carbons (Fsp3) is 0.441. The lowest BCUT2D eigenvalue weighted by atomic mass is 9.93. The number of nitrogens with zero attached hydrogens (tertiary/aromatic N) is 2. The van der Waals surface area contributed by atoms with E-state index in [1.165, 1.54) is 12.1 Å². The van der Waals surface area contributed by atoms with Gasteiger partial charge in [-0.2, -0.15) is 13.2 Å². The second kappa shape index (κ2) is 14.1. The van der Waals surface area contributed by atoms with Gasteiger partial charge >= 0.3 is 6.18 Å². The SMILES string of the molecule is CCS(=O)(=O)c1ccc([C@H](CO)NC(=O)c2ccc(N3CC(c4ccc(C(F)(F)F)cc4)C[C@H]3C(C)N3CCOCC3)cc2)cc1. The van der Waals surface area contributed by atoms with E-state index in [9.17, 15) is 31.5 Å². The van der Waals surface area contributed by atoms with Crippen LogP contribution in [0.2, 0.25) is 0 Å². The number of aliphatic hydroxyl groups is 1. The Morgan fingerprint density at radius 1 is 1.00 bits per heavy atom. The lowest BCUT2D eigenvalue weighted by molar-refractivity contribution is -0.137. The molecular formula is C34H40F3N3O5S. The molecule has 0 aromatic heterocycles. The van der Waals surface area contributed by atoms with Crippen LogP contribution in [0.1, 0.15) is 59.3 Å². The Kier molecular flexibility index (Phi) is 10.4. The number of aliphatic hydroxyl groups excluding tert-OH is 1. The number of nitrogens with one attached hydrogen (secondary N) is 1. The van der Waals surface area contributed by atoms with Gasteiger partial charge in [0.05, 0.1) is 42.1 Å². The summed E-state index contributed by atoms with van der Waals surface area (Å²) < 4.78 is 69.4. The molecule has 2 aliphatic rings. The molecule has 2 saturated heterocycles. The Bertz CT molecular complexity index is 1580. The zero-order valence-corrected chi connectivity index (χ0v) is 26.7. The number of benzene rings is 3. The zero-order valence-electron chi connectivity index (χ0n) is 25.9. The van der Waals surface area contributed by atoms with Gasteiger partial charge in [-0.05, 0) is 73.0 Å². The van der Waals surface area contributed by atoms with E-state index in [-0.39, 0.29) is 35.3 Å². The molecule has 0 bridgehead atoms. The van der Waals surface area contributed by atoms with E-state index >= 15 is 0 Å². The smallest absolute Gasteiger partial charge is 0.394 e. The predicted molar refractivity (Wildman–Crippen MR) is 170 cm³/mol. The van der Waals surface area contributed by atoms with E-state index in [0.29, 0.717) is 30.9 Å². The monoisotopic (exact) mass is 659 g/mol. The first kappa shape index (κ1) is 33.9. The summed E-state index contributed by atoms with van der Waals surface area (Å²) >= 11 is 0. The van der Waals surface area contributed by atoms with Crippen molar-refractivity contribution in [3.05, 3.63) is 95.1 Å².